The van der Waals surface area contributed by atoms with Gasteiger partial charge in [0.15, 0.2) is 0 Å². The van der Waals surface area contributed by atoms with Gasteiger partial charge in [-0.1, -0.05) is 42.5 Å². The van der Waals surface area contributed by atoms with Gasteiger partial charge in [0.1, 0.15) is 0 Å². The monoisotopic (exact) mass is 335 g/mol. The van der Waals surface area contributed by atoms with E-state index in [9.17, 15) is 14.9 Å². The third-order valence-corrected chi connectivity index (χ3v) is 4.17. The fraction of sp³-hybridized carbons (Fsp3) is 0.105. The Morgan fingerprint density at radius 3 is 2.48 bits per heavy atom. The first-order valence-electron chi connectivity index (χ1n) is 7.76. The Morgan fingerprint density at radius 1 is 1.12 bits per heavy atom. The molecule has 2 aromatic carbocycles. The van der Waals surface area contributed by atoms with Gasteiger partial charge >= 0.3 is 0 Å². The molecule has 0 bridgehead atoms. The van der Waals surface area contributed by atoms with Crippen molar-refractivity contribution in [2.24, 2.45) is 5.73 Å². The molecule has 3 rings (SSSR count). The zero-order valence-electron chi connectivity index (χ0n) is 13.7. The quantitative estimate of drug-likeness (QED) is 0.571. The lowest BCUT2D eigenvalue weighted by Gasteiger charge is -2.12. The van der Waals surface area contributed by atoms with Gasteiger partial charge in [-0.15, -0.1) is 0 Å². The van der Waals surface area contributed by atoms with Crippen LogP contribution in [0, 0.1) is 17.0 Å². The molecule has 0 spiro atoms. The smallest absolute Gasteiger partial charge is 0.270 e. The van der Waals surface area contributed by atoms with Gasteiger partial charge in [0.25, 0.3) is 11.6 Å². The van der Waals surface area contributed by atoms with Crippen LogP contribution >= 0.6 is 0 Å². The summed E-state index contributed by atoms with van der Waals surface area (Å²) in [6, 6.07) is 17.8. The maximum atomic E-state index is 11.7. The highest BCUT2D eigenvalue weighted by Gasteiger charge is 2.18. The van der Waals surface area contributed by atoms with Crippen LogP contribution in [0.25, 0.3) is 11.3 Å². The molecular weight excluding hydrogens is 318 g/mol. The Balaban J connectivity index is 2.15. The molecule has 3 aromatic rings. The second-order valence-corrected chi connectivity index (χ2v) is 5.77. The number of rotatable bonds is 5. The molecule has 6 heteroatoms. The molecule has 0 saturated carbocycles. The molecule has 126 valence electrons. The fourth-order valence-electron chi connectivity index (χ4n) is 2.88. The number of nitrogens with two attached hydrogens (primary N) is 1. The van der Waals surface area contributed by atoms with Crippen molar-refractivity contribution in [1.29, 1.82) is 0 Å². The number of nitro groups is 1. The zero-order valence-corrected chi connectivity index (χ0v) is 13.7. The van der Waals surface area contributed by atoms with Crippen molar-refractivity contribution in [3.8, 4) is 11.3 Å². The summed E-state index contributed by atoms with van der Waals surface area (Å²) in [6.45, 7) is 2.36. The van der Waals surface area contributed by atoms with Gasteiger partial charge in [-0.3, -0.25) is 14.9 Å². The Hall–Kier alpha value is -3.41. The highest BCUT2D eigenvalue weighted by atomic mass is 16.6. The van der Waals surface area contributed by atoms with Crippen molar-refractivity contribution < 1.29 is 9.72 Å². The van der Waals surface area contributed by atoms with Crippen molar-refractivity contribution in [1.82, 2.24) is 4.57 Å². The van der Waals surface area contributed by atoms with E-state index >= 15 is 0 Å². The highest BCUT2D eigenvalue weighted by molar-refractivity contribution is 5.95. The predicted octanol–water partition coefficient (Wildman–Crippen LogP) is 3.52. The van der Waals surface area contributed by atoms with Gasteiger partial charge in [-0.05, 0) is 18.6 Å². The molecule has 0 aliphatic carbocycles. The van der Waals surface area contributed by atoms with Gasteiger partial charge in [0.05, 0.1) is 10.5 Å². The molecular formula is C19H17N3O3. The average Bonchev–Trinajstić information content (AvgIpc) is 2.93. The summed E-state index contributed by atoms with van der Waals surface area (Å²) in [5, 5.41) is 11.1. The van der Waals surface area contributed by atoms with Crippen LogP contribution in [0.2, 0.25) is 0 Å². The maximum absolute atomic E-state index is 11.7. The average molecular weight is 335 g/mol. The topological polar surface area (TPSA) is 91.2 Å². The Labute approximate surface area is 144 Å². The van der Waals surface area contributed by atoms with Crippen LogP contribution in [0.15, 0.2) is 60.7 Å². The van der Waals surface area contributed by atoms with E-state index in [-0.39, 0.29) is 5.69 Å². The molecule has 1 amide bonds. The molecule has 6 nitrogen and oxygen atoms in total. The van der Waals surface area contributed by atoms with Gasteiger partial charge in [-0.2, -0.15) is 0 Å². The van der Waals surface area contributed by atoms with Crippen LogP contribution in [-0.2, 0) is 6.54 Å². The number of aromatic nitrogens is 1. The third kappa shape index (κ3) is 3.28. The summed E-state index contributed by atoms with van der Waals surface area (Å²) in [5.74, 6) is -0.518. The highest BCUT2D eigenvalue weighted by Crippen LogP contribution is 2.29. The fourth-order valence-corrected chi connectivity index (χ4v) is 2.88. The standard InChI is InChI=1S/C19H17N3O3/c1-13-17(19(20)23)11-18(15-8-5-9-16(10-15)22(24)25)21(13)12-14-6-3-2-4-7-14/h2-11H,12H2,1H3,(H2,20,23). The number of amides is 1. The number of nitrogens with zero attached hydrogens (tertiary/aromatic N) is 2. The first kappa shape index (κ1) is 16.4. The normalized spacial score (nSPS) is 10.6. The summed E-state index contributed by atoms with van der Waals surface area (Å²) in [4.78, 5) is 22.4. The number of nitro benzene ring substituents is 1. The number of carbonyl (C=O) groups is 1. The van der Waals surface area contributed by atoms with Gasteiger partial charge in [0, 0.05) is 35.6 Å². The van der Waals surface area contributed by atoms with Crippen molar-refractivity contribution in [2.75, 3.05) is 0 Å². The summed E-state index contributed by atoms with van der Waals surface area (Å²) in [6.07, 6.45) is 0. The molecule has 1 aromatic heterocycles. The molecule has 0 aliphatic heterocycles. The van der Waals surface area contributed by atoms with Gasteiger partial charge in [-0.25, -0.2) is 0 Å². The minimum atomic E-state index is -0.518. The maximum Gasteiger partial charge on any atom is 0.270 e. The number of non-ortho nitro benzene ring substituents is 1. The van der Waals surface area contributed by atoms with Gasteiger partial charge < -0.3 is 10.3 Å². The van der Waals surface area contributed by atoms with E-state index in [1.54, 1.807) is 18.2 Å². The first-order chi connectivity index (χ1) is 12.0. The molecule has 0 unspecified atom stereocenters. The SMILES string of the molecule is Cc1c(C(N)=O)cc(-c2cccc([N+](=O)[O-])c2)n1Cc1ccccc1. The Kier molecular flexibility index (Phi) is 4.35. The van der Waals surface area contributed by atoms with Crippen LogP contribution in [0.1, 0.15) is 21.6 Å². The van der Waals surface area contributed by atoms with Crippen LogP contribution in [0.5, 0.6) is 0 Å². The summed E-state index contributed by atoms with van der Waals surface area (Å²) in [7, 11) is 0. The van der Waals surface area contributed by atoms with E-state index in [2.05, 4.69) is 0 Å². The Bertz CT molecular complexity index is 946. The van der Waals surface area contributed by atoms with E-state index in [0.29, 0.717) is 17.7 Å². The minimum absolute atomic E-state index is 0.00300. The zero-order chi connectivity index (χ0) is 18.0. The van der Waals surface area contributed by atoms with Gasteiger partial charge in [0.2, 0.25) is 0 Å². The molecule has 0 atom stereocenters. The summed E-state index contributed by atoms with van der Waals surface area (Å²) in [5.41, 5.74) is 9.09. The lowest BCUT2D eigenvalue weighted by atomic mass is 10.1. The molecule has 25 heavy (non-hydrogen) atoms. The van der Waals surface area contributed by atoms with E-state index in [0.717, 1.165) is 17.0 Å². The van der Waals surface area contributed by atoms with Crippen LogP contribution in [0.4, 0.5) is 5.69 Å². The molecule has 0 saturated heterocycles. The molecule has 2 N–H and O–H groups in total. The molecule has 0 fully saturated rings. The minimum Gasteiger partial charge on any atom is -0.366 e. The molecule has 0 aliphatic rings. The predicted molar refractivity (Wildman–Crippen MR) is 95.3 cm³/mol. The molecule has 0 radical (unpaired) electrons. The third-order valence-electron chi connectivity index (χ3n) is 4.17. The second-order valence-electron chi connectivity index (χ2n) is 5.77. The number of carbonyl (C=O) groups excluding carboxylic acids is 1. The molecule has 1 heterocycles. The Morgan fingerprint density at radius 2 is 1.84 bits per heavy atom. The van der Waals surface area contributed by atoms with Crippen molar-refractivity contribution in [2.45, 2.75) is 13.5 Å². The van der Waals surface area contributed by atoms with E-state index in [1.165, 1.54) is 12.1 Å². The first-order valence-corrected chi connectivity index (χ1v) is 7.76. The number of hydrogen-bond donors (Lipinski definition) is 1. The van der Waals surface area contributed by atoms with Crippen LogP contribution < -0.4 is 5.73 Å². The van der Waals surface area contributed by atoms with Crippen molar-refractivity contribution in [3.05, 3.63) is 87.6 Å². The summed E-state index contributed by atoms with van der Waals surface area (Å²) >= 11 is 0. The van der Waals surface area contributed by atoms with Crippen LogP contribution in [-0.4, -0.2) is 15.4 Å². The largest absolute Gasteiger partial charge is 0.366 e. The summed E-state index contributed by atoms with van der Waals surface area (Å²) < 4.78 is 1.95. The lowest BCUT2D eigenvalue weighted by Crippen LogP contribution is -2.12. The number of hydrogen-bond acceptors (Lipinski definition) is 3. The van der Waals surface area contributed by atoms with E-state index < -0.39 is 10.8 Å². The van der Waals surface area contributed by atoms with E-state index in [1.807, 2.05) is 41.8 Å². The van der Waals surface area contributed by atoms with Crippen LogP contribution in [0.3, 0.4) is 0 Å². The van der Waals surface area contributed by atoms with E-state index in [4.69, 9.17) is 5.73 Å². The second kappa shape index (κ2) is 6.60. The number of benzene rings is 2. The lowest BCUT2D eigenvalue weighted by molar-refractivity contribution is -0.384. The number of primary amides is 1. The van der Waals surface area contributed by atoms with Crippen molar-refractivity contribution >= 4 is 11.6 Å². The van der Waals surface area contributed by atoms with Crippen molar-refractivity contribution in [3.63, 3.8) is 0 Å².